The maximum atomic E-state index is 2.75. The van der Waals surface area contributed by atoms with Gasteiger partial charge in [-0.1, -0.05) is 83.1 Å². The van der Waals surface area contributed by atoms with Crippen LogP contribution < -0.4 is 0 Å². The van der Waals surface area contributed by atoms with E-state index in [-0.39, 0.29) is 0 Å². The van der Waals surface area contributed by atoms with Crippen LogP contribution in [0.5, 0.6) is 0 Å². The van der Waals surface area contributed by atoms with E-state index in [1.807, 2.05) is 0 Å². The van der Waals surface area contributed by atoms with E-state index in [0.29, 0.717) is 66.0 Å². The second kappa shape index (κ2) is 44.6. The highest BCUT2D eigenvalue weighted by Crippen LogP contribution is 2.41. The molecule has 12 saturated heterocycles. The van der Waals surface area contributed by atoms with Gasteiger partial charge in [0.25, 0.3) is 0 Å². The summed E-state index contributed by atoms with van der Waals surface area (Å²) in [5.74, 6) is 9.15. The van der Waals surface area contributed by atoms with Gasteiger partial charge in [0.05, 0.1) is 0 Å². The Hall–Kier alpha value is -0.560. The van der Waals surface area contributed by atoms with Crippen molar-refractivity contribution in [2.75, 3.05) is 223 Å². The van der Waals surface area contributed by atoms with E-state index < -0.39 is 0 Å². The molecule has 0 amide bonds. The number of nitrogens with zero attached hydrogens (tertiary/aromatic N) is 14. The average molecular weight is 1680 g/mol. The van der Waals surface area contributed by atoms with Crippen molar-refractivity contribution in [2.45, 2.75) is 383 Å². The summed E-state index contributed by atoms with van der Waals surface area (Å²) in [4.78, 5) is 37.5. The molecule has 12 fully saturated rings. The molecular formula is C106H214N14. The maximum absolute atomic E-state index is 2.75. The number of hydrogen-bond acceptors (Lipinski definition) is 14. The Morgan fingerprint density at radius 3 is 0.483 bits per heavy atom. The molecule has 12 rings (SSSR count). The van der Waals surface area contributed by atoms with Gasteiger partial charge in [0.2, 0.25) is 0 Å². The predicted octanol–water partition coefficient (Wildman–Crippen LogP) is 20.5. The first-order valence-corrected chi connectivity index (χ1v) is 51.3. The van der Waals surface area contributed by atoms with Gasteiger partial charge in [0.1, 0.15) is 0 Å². The summed E-state index contributed by atoms with van der Waals surface area (Å²) in [5.41, 5.74) is 4.81. The van der Waals surface area contributed by atoms with Gasteiger partial charge in [-0.15, -0.1) is 0 Å². The molecular weight excluding hydrogens is 1470 g/mol. The topological polar surface area (TPSA) is 45.4 Å². The molecule has 0 spiro atoms. The number of likely N-dealkylation sites (tertiary alicyclic amines) is 10. The van der Waals surface area contributed by atoms with Crippen molar-refractivity contribution in [3.8, 4) is 0 Å². The van der Waals surface area contributed by atoms with Crippen molar-refractivity contribution >= 4 is 0 Å². The molecule has 0 aromatic carbocycles. The van der Waals surface area contributed by atoms with E-state index in [0.717, 1.165) is 59.2 Å². The third kappa shape index (κ3) is 36.3. The van der Waals surface area contributed by atoms with E-state index in [2.05, 4.69) is 318 Å². The Balaban J connectivity index is 0.000000198. The van der Waals surface area contributed by atoms with E-state index in [9.17, 15) is 0 Å². The van der Waals surface area contributed by atoms with Crippen LogP contribution in [0.15, 0.2) is 0 Å². The molecule has 14 nitrogen and oxygen atoms in total. The minimum atomic E-state index is 0.336. The van der Waals surface area contributed by atoms with Gasteiger partial charge in [0, 0.05) is 175 Å². The van der Waals surface area contributed by atoms with Crippen molar-refractivity contribution < 1.29 is 0 Å². The zero-order valence-corrected chi connectivity index (χ0v) is 88.0. The van der Waals surface area contributed by atoms with Crippen molar-refractivity contribution in [1.29, 1.82) is 0 Å². The Labute approximate surface area is 751 Å². The molecule has 0 N–H and O–H groups in total. The molecule has 0 unspecified atom stereocenters. The van der Waals surface area contributed by atoms with Crippen LogP contribution in [0.1, 0.15) is 339 Å². The largest absolute Gasteiger partial charge is 0.303 e. The maximum Gasteiger partial charge on any atom is 0.0126 e. The van der Waals surface area contributed by atoms with Gasteiger partial charge >= 0.3 is 0 Å². The molecule has 14 heteroatoms. The standard InChI is InChI=1S/C19H38N2.2C18H36N2.2C17H35N3.C17H34N2/c1-18(2,3)17-9-11-20(12-10-17)15-16-7-13-21(14-8-16)19(4,5)6;2*1-17(2,3)16-8-10-19(11-9-16)13-15-7-12-20(14-15)18(4,5)6;2*1-16(2,3)19-11-9-18(10-12-19)13-15-7-8-20(14-15)17(4,5)6;1-16(2,3)15-12-18(13-15)11-14-7-9-19(10-8-14)17(4,5)6/h16-17H,7-15H2,1-6H3;2*15-16H,7-14H2,1-6H3;2*15H,7-14H2,1-6H3;14-15H,7-13H2,1-6H3/t;4*15-;/m.0010./s1. The summed E-state index contributed by atoms with van der Waals surface area (Å²) < 4.78 is 0. The molecule has 4 atom stereocenters. The number of hydrogen-bond donors (Lipinski definition) is 0. The molecule has 0 saturated carbocycles. The molecule has 12 aliphatic heterocycles. The van der Waals surface area contributed by atoms with Crippen LogP contribution in [0.4, 0.5) is 0 Å². The van der Waals surface area contributed by atoms with Gasteiger partial charge in [0.15, 0.2) is 0 Å². The van der Waals surface area contributed by atoms with Gasteiger partial charge in [-0.05, 0) is 429 Å². The highest BCUT2D eigenvalue weighted by molar-refractivity contribution is 4.97. The summed E-state index contributed by atoms with van der Waals surface area (Å²) in [6.45, 7) is 129. The lowest BCUT2D eigenvalue weighted by Gasteiger charge is -2.49. The number of rotatable bonds is 12. The average Bonchev–Trinajstić information content (AvgIpc) is 1.32. The predicted molar refractivity (Wildman–Crippen MR) is 527 cm³/mol. The van der Waals surface area contributed by atoms with Crippen LogP contribution in [0, 0.1) is 80.8 Å². The highest BCUT2D eigenvalue weighted by Gasteiger charge is 2.42. The first-order chi connectivity index (χ1) is 55.0. The summed E-state index contributed by atoms with van der Waals surface area (Å²) in [6, 6.07) is 0. The molecule has 12 aliphatic rings. The Morgan fingerprint density at radius 2 is 0.300 bits per heavy atom. The van der Waals surface area contributed by atoms with Gasteiger partial charge < -0.3 is 29.4 Å². The number of piperidine rings is 5. The lowest BCUT2D eigenvalue weighted by Crippen LogP contribution is -2.54. The van der Waals surface area contributed by atoms with Crippen LogP contribution >= 0.6 is 0 Å². The number of piperazine rings is 2. The van der Waals surface area contributed by atoms with Gasteiger partial charge in [-0.2, -0.15) is 0 Å². The van der Waals surface area contributed by atoms with Crippen molar-refractivity contribution in [1.82, 2.24) is 68.6 Å². The lowest BCUT2D eigenvalue weighted by molar-refractivity contribution is -0.00000237. The Bertz CT molecular complexity index is 2510. The molecule has 120 heavy (non-hydrogen) atoms. The zero-order chi connectivity index (χ0) is 89.8. The highest BCUT2D eigenvalue weighted by atomic mass is 15.3. The van der Waals surface area contributed by atoms with Crippen LogP contribution in [0.25, 0.3) is 0 Å². The van der Waals surface area contributed by atoms with Crippen LogP contribution in [0.2, 0.25) is 0 Å². The van der Waals surface area contributed by atoms with Gasteiger partial charge in [-0.3, -0.25) is 39.2 Å². The quantitative estimate of drug-likeness (QED) is 0.186. The van der Waals surface area contributed by atoms with Gasteiger partial charge in [-0.25, -0.2) is 0 Å². The lowest BCUT2D eigenvalue weighted by atomic mass is 9.75. The minimum absolute atomic E-state index is 0.336. The van der Waals surface area contributed by atoms with Crippen LogP contribution in [-0.4, -0.2) is 335 Å². The van der Waals surface area contributed by atoms with E-state index in [4.69, 9.17) is 0 Å². The fraction of sp³-hybridized carbons (Fsp3) is 1.00. The van der Waals surface area contributed by atoms with Crippen molar-refractivity contribution in [3.63, 3.8) is 0 Å². The molecule has 708 valence electrons. The normalized spacial score (nSPS) is 27.3. The monoisotopic (exact) mass is 1680 g/mol. The molecule has 0 aromatic heterocycles. The Kier molecular flexibility index (Phi) is 39.6. The smallest absolute Gasteiger partial charge is 0.0126 e. The fourth-order valence-electron chi connectivity index (χ4n) is 22.5. The molecule has 0 radical (unpaired) electrons. The first-order valence-electron chi connectivity index (χ1n) is 51.3. The molecule has 0 aliphatic carbocycles. The zero-order valence-electron chi connectivity index (χ0n) is 88.0. The molecule has 0 aromatic rings. The molecule has 0 bridgehead atoms. The third-order valence-corrected chi connectivity index (χ3v) is 32.4. The Morgan fingerprint density at radius 1 is 0.142 bits per heavy atom. The fourth-order valence-corrected chi connectivity index (χ4v) is 22.5. The summed E-state index contributed by atoms with van der Waals surface area (Å²) in [5, 5.41) is 0. The second-order valence-corrected chi connectivity index (χ2v) is 54.3. The molecule has 12 heterocycles. The van der Waals surface area contributed by atoms with Crippen molar-refractivity contribution in [2.24, 2.45) is 80.8 Å². The summed E-state index contributed by atoms with van der Waals surface area (Å²) >= 11 is 0. The van der Waals surface area contributed by atoms with E-state index in [1.165, 1.54) is 312 Å². The SMILES string of the molecule is CC(C)(C)C1CCN(CC2CCN(C(C)(C)C)CC2)CC1.CC(C)(C)C1CCN(C[C@@H]2CCN(C(C)(C)C)C2)CC1.CC(C)(C)C1CCN(C[C@@H]2CCN(C(C)(C)C)C2)CC1.CC(C)(C)C1CN(CC2CCN(C(C)(C)C)CC2)C1.CC(C)(C)N1CCN(C[C@@H]2CCN(C(C)(C)C)C2)CC1.CC(C)(C)N1CCN(C[C@H]2CCN(C(C)(C)C)C2)CC1. The van der Waals surface area contributed by atoms with Crippen molar-refractivity contribution in [3.05, 3.63) is 0 Å². The van der Waals surface area contributed by atoms with E-state index >= 15 is 0 Å². The van der Waals surface area contributed by atoms with Crippen LogP contribution in [-0.2, 0) is 0 Å². The van der Waals surface area contributed by atoms with E-state index in [1.54, 1.807) is 0 Å². The van der Waals surface area contributed by atoms with Crippen LogP contribution in [0.3, 0.4) is 0 Å². The second-order valence-electron chi connectivity index (χ2n) is 54.3. The first kappa shape index (κ1) is 106. The minimum Gasteiger partial charge on any atom is -0.303 e. The summed E-state index contributed by atoms with van der Waals surface area (Å²) in [6.07, 6.45) is 19.6. The summed E-state index contributed by atoms with van der Waals surface area (Å²) in [7, 11) is 0. The third-order valence-electron chi connectivity index (χ3n) is 32.4.